The van der Waals surface area contributed by atoms with E-state index in [4.69, 9.17) is 16.3 Å². The molecule has 164 valence electrons. The smallest absolute Gasteiger partial charge is 0.298 e. The van der Waals surface area contributed by atoms with Crippen LogP contribution in [-0.2, 0) is 11.4 Å². The number of benzene rings is 3. The second kappa shape index (κ2) is 10.1. The molecule has 1 aliphatic heterocycles. The van der Waals surface area contributed by atoms with Crippen molar-refractivity contribution in [3.05, 3.63) is 96.2 Å². The van der Waals surface area contributed by atoms with Crippen LogP contribution in [0.25, 0.3) is 6.08 Å². The molecule has 5 nitrogen and oxygen atoms in total. The Balaban J connectivity index is 1.57. The van der Waals surface area contributed by atoms with E-state index in [1.807, 2.05) is 12.1 Å². The lowest BCUT2D eigenvalue weighted by molar-refractivity contribution is -0.113. The summed E-state index contributed by atoms with van der Waals surface area (Å²) in [6.45, 7) is 0.219. The summed E-state index contributed by atoms with van der Waals surface area (Å²) < 4.78 is 7.24. The maximum absolute atomic E-state index is 12.9. The number of carbonyl (C=O) groups excluding carboxylic acids is 2. The van der Waals surface area contributed by atoms with E-state index in [0.29, 0.717) is 36.5 Å². The van der Waals surface area contributed by atoms with E-state index in [9.17, 15) is 14.9 Å². The number of amides is 2. The molecule has 0 atom stereocenters. The zero-order valence-corrected chi connectivity index (χ0v) is 21.5. The Bertz CT molecular complexity index is 1330. The highest BCUT2D eigenvalue weighted by Gasteiger charge is 2.37. The second-order valence-corrected chi connectivity index (χ2v) is 9.95. The first-order valence-corrected chi connectivity index (χ1v) is 12.3. The lowest BCUT2D eigenvalue weighted by atomic mass is 10.1. The molecule has 9 heteroatoms. The van der Waals surface area contributed by atoms with Crippen LogP contribution >= 0.6 is 55.2 Å². The summed E-state index contributed by atoms with van der Waals surface area (Å²) in [6.07, 6.45) is 1.64. The fraction of sp³-hybridized carbons (Fsp3) is 0.0417. The van der Waals surface area contributed by atoms with Crippen LogP contribution in [0.3, 0.4) is 0 Å². The zero-order valence-electron chi connectivity index (χ0n) is 16.7. The fourth-order valence-corrected chi connectivity index (χ4v) is 5.67. The van der Waals surface area contributed by atoms with E-state index in [1.165, 1.54) is 0 Å². The van der Waals surface area contributed by atoms with Crippen molar-refractivity contribution in [3.8, 4) is 11.8 Å². The fourth-order valence-electron chi connectivity index (χ4n) is 3.17. The Morgan fingerprint density at radius 2 is 1.73 bits per heavy atom. The third-order valence-electron chi connectivity index (χ3n) is 4.72. The standard InChI is InChI=1S/C24H13Br2ClN2O3S/c25-17-9-14(10-18(26)22(17)32-13-16-6-2-1-5-15(16)12-28)11-21-23(30)29(24(31)33-21)20-8-4-3-7-19(20)27/h1-11H,13H2/b21-11-. The number of nitriles is 1. The van der Waals surface area contributed by atoms with Crippen LogP contribution in [0.2, 0.25) is 5.02 Å². The summed E-state index contributed by atoms with van der Waals surface area (Å²) in [4.78, 5) is 26.8. The summed E-state index contributed by atoms with van der Waals surface area (Å²) >= 11 is 14.0. The summed E-state index contributed by atoms with van der Waals surface area (Å²) in [7, 11) is 0. The highest BCUT2D eigenvalue weighted by atomic mass is 79.9. The molecular weight excluding hydrogens is 592 g/mol. The van der Waals surface area contributed by atoms with Crippen molar-refractivity contribution >= 4 is 78.1 Å². The van der Waals surface area contributed by atoms with Gasteiger partial charge in [0.15, 0.2) is 0 Å². The number of carbonyl (C=O) groups is 2. The Labute approximate surface area is 216 Å². The van der Waals surface area contributed by atoms with Crippen molar-refractivity contribution in [2.24, 2.45) is 0 Å². The lowest BCUT2D eigenvalue weighted by Crippen LogP contribution is -2.27. The quantitative estimate of drug-likeness (QED) is 0.281. The molecule has 33 heavy (non-hydrogen) atoms. The molecule has 0 unspecified atom stereocenters. The number of ether oxygens (including phenoxy) is 1. The first-order valence-electron chi connectivity index (χ1n) is 9.51. The third kappa shape index (κ3) is 5.02. The molecule has 0 bridgehead atoms. The van der Waals surface area contributed by atoms with Gasteiger partial charge in [0.05, 0.1) is 36.2 Å². The molecule has 1 heterocycles. The number of hydrogen-bond donors (Lipinski definition) is 0. The summed E-state index contributed by atoms with van der Waals surface area (Å²) in [5.74, 6) is 0.128. The minimum Gasteiger partial charge on any atom is -0.486 e. The van der Waals surface area contributed by atoms with Crippen LogP contribution in [0, 0.1) is 11.3 Å². The maximum atomic E-state index is 12.9. The molecule has 3 aromatic rings. The number of anilines is 1. The highest BCUT2D eigenvalue weighted by molar-refractivity contribution is 9.11. The maximum Gasteiger partial charge on any atom is 0.298 e. The summed E-state index contributed by atoms with van der Waals surface area (Å²) in [5, 5.41) is 9.17. The summed E-state index contributed by atoms with van der Waals surface area (Å²) in [6, 6.07) is 19.7. The molecule has 1 fully saturated rings. The number of nitrogens with zero attached hydrogens (tertiary/aromatic N) is 2. The van der Waals surface area contributed by atoms with Crippen LogP contribution in [0.15, 0.2) is 74.5 Å². The largest absolute Gasteiger partial charge is 0.486 e. The molecule has 0 aliphatic carbocycles. The molecule has 3 aromatic carbocycles. The average Bonchev–Trinajstić information content (AvgIpc) is 3.06. The van der Waals surface area contributed by atoms with Crippen LogP contribution in [-0.4, -0.2) is 11.1 Å². The molecular formula is C24H13Br2ClN2O3S. The van der Waals surface area contributed by atoms with Gasteiger partial charge in [-0.2, -0.15) is 5.26 Å². The van der Waals surface area contributed by atoms with E-state index in [-0.39, 0.29) is 11.5 Å². The van der Waals surface area contributed by atoms with Gasteiger partial charge in [0, 0.05) is 5.56 Å². The van der Waals surface area contributed by atoms with E-state index in [0.717, 1.165) is 22.2 Å². The van der Waals surface area contributed by atoms with Crippen molar-refractivity contribution < 1.29 is 14.3 Å². The molecule has 1 aliphatic rings. The van der Waals surface area contributed by atoms with Crippen LogP contribution < -0.4 is 9.64 Å². The first-order chi connectivity index (χ1) is 15.9. The van der Waals surface area contributed by atoms with Crippen molar-refractivity contribution in [3.63, 3.8) is 0 Å². The number of thioether (sulfide) groups is 1. The molecule has 2 amide bonds. The predicted octanol–water partition coefficient (Wildman–Crippen LogP) is 7.56. The monoisotopic (exact) mass is 602 g/mol. The van der Waals surface area contributed by atoms with Gasteiger partial charge >= 0.3 is 0 Å². The molecule has 0 spiro atoms. The number of hydrogen-bond acceptors (Lipinski definition) is 5. The van der Waals surface area contributed by atoms with Crippen molar-refractivity contribution in [1.29, 1.82) is 5.26 Å². The second-order valence-electron chi connectivity index (χ2n) is 6.84. The first kappa shape index (κ1) is 23.6. The highest BCUT2D eigenvalue weighted by Crippen LogP contribution is 2.40. The lowest BCUT2D eigenvalue weighted by Gasteiger charge is -2.14. The Morgan fingerprint density at radius 1 is 1.06 bits per heavy atom. The topological polar surface area (TPSA) is 70.4 Å². The molecule has 0 aromatic heterocycles. The van der Waals surface area contributed by atoms with E-state index in [1.54, 1.807) is 54.6 Å². The molecule has 0 radical (unpaired) electrons. The Hall–Kier alpha value is -2.57. The average molecular weight is 605 g/mol. The van der Waals surface area contributed by atoms with Gasteiger partial charge in [-0.15, -0.1) is 0 Å². The normalized spacial score (nSPS) is 14.6. The molecule has 1 saturated heterocycles. The van der Waals surface area contributed by atoms with Gasteiger partial charge in [0.1, 0.15) is 12.4 Å². The Kier molecular flexibility index (Phi) is 7.25. The van der Waals surface area contributed by atoms with Gasteiger partial charge in [0.2, 0.25) is 0 Å². The van der Waals surface area contributed by atoms with Crippen molar-refractivity contribution in [1.82, 2.24) is 0 Å². The zero-order chi connectivity index (χ0) is 23.5. The van der Waals surface area contributed by atoms with Gasteiger partial charge in [-0.3, -0.25) is 9.59 Å². The predicted molar refractivity (Wildman–Crippen MR) is 137 cm³/mol. The minimum absolute atomic E-state index is 0.219. The van der Waals surface area contributed by atoms with Gasteiger partial charge in [-0.05, 0) is 85.6 Å². The third-order valence-corrected chi connectivity index (χ3v) is 7.08. The van der Waals surface area contributed by atoms with Crippen LogP contribution in [0.5, 0.6) is 5.75 Å². The minimum atomic E-state index is -0.432. The van der Waals surface area contributed by atoms with Gasteiger partial charge in [-0.25, -0.2) is 4.90 Å². The number of rotatable bonds is 5. The SMILES string of the molecule is N#Cc1ccccc1COc1c(Br)cc(/C=C2\SC(=O)N(c3ccccc3Cl)C2=O)cc1Br. The molecule has 4 rings (SSSR count). The summed E-state index contributed by atoms with van der Waals surface area (Å²) in [5.41, 5.74) is 2.38. The van der Waals surface area contributed by atoms with E-state index in [2.05, 4.69) is 37.9 Å². The molecule has 0 saturated carbocycles. The van der Waals surface area contributed by atoms with E-state index < -0.39 is 11.1 Å². The van der Waals surface area contributed by atoms with Crippen molar-refractivity contribution in [2.45, 2.75) is 6.61 Å². The van der Waals surface area contributed by atoms with Gasteiger partial charge < -0.3 is 4.74 Å². The van der Waals surface area contributed by atoms with Gasteiger partial charge in [0.25, 0.3) is 11.1 Å². The van der Waals surface area contributed by atoms with Gasteiger partial charge in [-0.1, -0.05) is 41.9 Å². The van der Waals surface area contributed by atoms with Crippen LogP contribution in [0.1, 0.15) is 16.7 Å². The van der Waals surface area contributed by atoms with Crippen LogP contribution in [0.4, 0.5) is 10.5 Å². The molecule has 0 N–H and O–H groups in total. The number of imide groups is 1. The van der Waals surface area contributed by atoms with Crippen molar-refractivity contribution in [2.75, 3.05) is 4.90 Å². The van der Waals surface area contributed by atoms with E-state index >= 15 is 0 Å². The number of para-hydroxylation sites is 1. The Morgan fingerprint density at radius 3 is 2.42 bits per heavy atom. The number of halogens is 3.